The molecule has 0 saturated carbocycles. The fourth-order valence-corrected chi connectivity index (χ4v) is 5.93. The van der Waals surface area contributed by atoms with E-state index in [1.54, 1.807) is 0 Å². The summed E-state index contributed by atoms with van der Waals surface area (Å²) in [6.07, 6.45) is 0.750. The molecule has 0 fully saturated rings. The SMILES string of the molecule is CC(C)c1ccc(-c2cccc3[cH-]c(C(C)(C)C)cc23)cc1.CC(C)c1ccc(-c2cccc3[cH-]c(C(C)(C)C)cc23)cc1.[CH2-]C[CH2-].[Cl-].[Cl-].[Hf]. The Labute approximate surface area is 335 Å². The normalized spacial score (nSPS) is 11.2. The maximum Gasteiger partial charge on any atom is 0 e. The average molecular weight is 870 g/mol. The van der Waals surface area contributed by atoms with Crippen LogP contribution in [0.4, 0.5) is 0 Å². The first-order valence-electron chi connectivity index (χ1n) is 17.3. The van der Waals surface area contributed by atoms with E-state index in [4.69, 9.17) is 0 Å². The predicted octanol–water partition coefficient (Wildman–Crippen LogP) is 8.34. The van der Waals surface area contributed by atoms with E-state index < -0.39 is 0 Å². The van der Waals surface area contributed by atoms with Crippen molar-refractivity contribution in [3.63, 3.8) is 0 Å². The third kappa shape index (κ3) is 11.3. The van der Waals surface area contributed by atoms with Gasteiger partial charge >= 0.3 is 0 Å². The van der Waals surface area contributed by atoms with E-state index in [9.17, 15) is 0 Å². The van der Waals surface area contributed by atoms with Crippen molar-refractivity contribution in [1.29, 1.82) is 0 Å². The Morgan fingerprint density at radius 2 is 0.820 bits per heavy atom. The number of rotatable bonds is 4. The van der Waals surface area contributed by atoms with E-state index in [0.717, 1.165) is 6.42 Å². The molecular weight excluding hydrogens is 814 g/mol. The van der Waals surface area contributed by atoms with Gasteiger partial charge in [0.05, 0.1) is 0 Å². The molecule has 0 spiro atoms. The zero-order valence-corrected chi connectivity index (χ0v) is 37.0. The van der Waals surface area contributed by atoms with Gasteiger partial charge in [-0.2, -0.15) is 12.1 Å². The zero-order chi connectivity index (χ0) is 34.5. The van der Waals surface area contributed by atoms with E-state index in [1.165, 1.54) is 66.1 Å². The molecule has 0 aliphatic carbocycles. The molecule has 50 heavy (non-hydrogen) atoms. The Morgan fingerprint density at radius 1 is 0.520 bits per heavy atom. The fraction of sp³-hybridized carbons (Fsp3) is 0.319. The van der Waals surface area contributed by atoms with Gasteiger partial charge in [0.25, 0.3) is 0 Å². The van der Waals surface area contributed by atoms with Crippen LogP contribution in [0, 0.1) is 13.8 Å². The van der Waals surface area contributed by atoms with Gasteiger partial charge in [-0.3, -0.25) is 0 Å². The van der Waals surface area contributed by atoms with Crippen LogP contribution in [0.15, 0.2) is 109 Å². The molecule has 0 aliphatic rings. The van der Waals surface area contributed by atoms with Crippen LogP contribution in [0.3, 0.4) is 0 Å². The molecule has 268 valence electrons. The summed E-state index contributed by atoms with van der Waals surface area (Å²) in [7, 11) is 0. The number of hydrogen-bond acceptors (Lipinski definition) is 0. The first-order chi connectivity index (χ1) is 22.1. The zero-order valence-electron chi connectivity index (χ0n) is 31.9. The molecule has 3 heteroatoms. The first-order valence-corrected chi connectivity index (χ1v) is 17.3. The van der Waals surface area contributed by atoms with Gasteiger partial charge < -0.3 is 45.1 Å². The minimum Gasteiger partial charge on any atom is -1.00 e. The van der Waals surface area contributed by atoms with Crippen molar-refractivity contribution in [2.24, 2.45) is 0 Å². The van der Waals surface area contributed by atoms with Crippen LogP contribution in [0.1, 0.15) is 110 Å². The van der Waals surface area contributed by atoms with Crippen molar-refractivity contribution in [2.45, 2.75) is 98.3 Å². The quantitative estimate of drug-likeness (QED) is 0.124. The van der Waals surface area contributed by atoms with Crippen LogP contribution in [0.5, 0.6) is 0 Å². The fourth-order valence-electron chi connectivity index (χ4n) is 5.93. The van der Waals surface area contributed by atoms with Gasteiger partial charge in [0, 0.05) is 25.8 Å². The van der Waals surface area contributed by atoms with Gasteiger partial charge in [-0.05, 0) is 44.9 Å². The Bertz CT molecular complexity index is 1730. The Balaban J connectivity index is 0.000000439. The maximum atomic E-state index is 3.38. The number of hydrogen-bond donors (Lipinski definition) is 0. The minimum absolute atomic E-state index is 0. The van der Waals surface area contributed by atoms with Gasteiger partial charge in [0.15, 0.2) is 0 Å². The molecule has 6 aromatic carbocycles. The van der Waals surface area contributed by atoms with Crippen molar-refractivity contribution >= 4 is 21.5 Å². The second-order valence-electron chi connectivity index (χ2n) is 15.5. The molecule has 0 aliphatic heterocycles. The smallest absolute Gasteiger partial charge is 0 e. The van der Waals surface area contributed by atoms with E-state index >= 15 is 0 Å². The molecule has 0 atom stereocenters. The van der Waals surface area contributed by atoms with Crippen molar-refractivity contribution in [1.82, 2.24) is 0 Å². The predicted molar refractivity (Wildman–Crippen MR) is 211 cm³/mol. The summed E-state index contributed by atoms with van der Waals surface area (Å²) in [6, 6.07) is 40.7. The molecule has 0 heterocycles. The van der Waals surface area contributed by atoms with Crippen molar-refractivity contribution in [3.05, 3.63) is 145 Å². The molecule has 0 unspecified atom stereocenters. The molecule has 0 saturated heterocycles. The van der Waals surface area contributed by atoms with Crippen LogP contribution < -0.4 is 24.8 Å². The standard InChI is InChI=1S/2C22H25.C3H6.2ClH.Hf/c2*1-15(2)16-9-11-17(12-10-16)20-8-6-7-18-13-19(14-21(18)20)22(3,4)5;1-3-2;;;/h2*6-15H,1-5H3;1-3H2;2*1H;/q2*-1;-2;;;/p-2. The van der Waals surface area contributed by atoms with Crippen LogP contribution in [-0.4, -0.2) is 0 Å². The molecule has 6 aromatic rings. The van der Waals surface area contributed by atoms with Gasteiger partial charge in [-0.15, -0.1) is 69.1 Å². The first kappa shape index (κ1) is 45.6. The molecule has 0 bridgehead atoms. The monoisotopic (exact) mass is 870 g/mol. The van der Waals surface area contributed by atoms with Crippen molar-refractivity contribution in [2.75, 3.05) is 0 Å². The topological polar surface area (TPSA) is 0 Å². The maximum absolute atomic E-state index is 3.38. The molecule has 0 N–H and O–H groups in total. The van der Waals surface area contributed by atoms with Gasteiger partial charge in [-0.1, -0.05) is 141 Å². The minimum atomic E-state index is 0. The average Bonchev–Trinajstić information content (AvgIpc) is 3.67. The van der Waals surface area contributed by atoms with Gasteiger partial charge in [0.1, 0.15) is 0 Å². The second kappa shape index (κ2) is 19.4. The molecular formula is C47H56Cl2Hf-6. The van der Waals surface area contributed by atoms with E-state index in [-0.39, 0.29) is 61.5 Å². The molecule has 0 radical (unpaired) electrons. The summed E-state index contributed by atoms with van der Waals surface area (Å²) in [6.45, 7) is 29.4. The number of fused-ring (bicyclic) bond motifs is 2. The summed E-state index contributed by atoms with van der Waals surface area (Å²) in [5.74, 6) is 1.16. The van der Waals surface area contributed by atoms with E-state index in [1.807, 2.05) is 0 Å². The Kier molecular flexibility index (Phi) is 17.7. The summed E-state index contributed by atoms with van der Waals surface area (Å²) in [5.41, 5.74) is 11.3. The molecule has 0 amide bonds. The largest absolute Gasteiger partial charge is 1.00 e. The summed E-state index contributed by atoms with van der Waals surface area (Å²) in [5, 5.41) is 5.42. The van der Waals surface area contributed by atoms with Gasteiger partial charge in [0.2, 0.25) is 0 Å². The Hall–Kier alpha value is -2.45. The van der Waals surface area contributed by atoms with Crippen LogP contribution in [0.2, 0.25) is 0 Å². The molecule has 6 rings (SSSR count). The van der Waals surface area contributed by atoms with Crippen LogP contribution >= 0.6 is 0 Å². The van der Waals surface area contributed by atoms with Crippen LogP contribution in [-0.2, 0) is 36.7 Å². The third-order valence-corrected chi connectivity index (χ3v) is 9.01. The van der Waals surface area contributed by atoms with Crippen molar-refractivity contribution in [3.8, 4) is 22.3 Å². The second-order valence-corrected chi connectivity index (χ2v) is 15.5. The summed E-state index contributed by atoms with van der Waals surface area (Å²) in [4.78, 5) is 0. The van der Waals surface area contributed by atoms with Crippen molar-refractivity contribution < 1.29 is 50.7 Å². The molecule has 0 nitrogen and oxygen atoms in total. The number of benzene rings is 4. The number of halogens is 2. The van der Waals surface area contributed by atoms with Gasteiger partial charge in [-0.25, -0.2) is 0 Å². The summed E-state index contributed by atoms with van der Waals surface area (Å²) >= 11 is 0. The molecule has 0 aromatic heterocycles. The third-order valence-electron chi connectivity index (χ3n) is 9.01. The van der Waals surface area contributed by atoms with Crippen LogP contribution in [0.25, 0.3) is 43.8 Å². The van der Waals surface area contributed by atoms with E-state index in [0.29, 0.717) is 11.8 Å². The Morgan fingerprint density at radius 3 is 1.08 bits per heavy atom. The summed E-state index contributed by atoms with van der Waals surface area (Å²) < 4.78 is 0. The van der Waals surface area contributed by atoms with E-state index in [2.05, 4.69) is 192 Å².